The highest BCUT2D eigenvalue weighted by atomic mass is 32.2. The molecule has 2 aliphatic heterocycles. The minimum absolute atomic E-state index is 0.00457. The third kappa shape index (κ3) is 4.38. The Morgan fingerprint density at radius 1 is 1.27 bits per heavy atom. The first kappa shape index (κ1) is 19.2. The number of amides is 1. The van der Waals surface area contributed by atoms with Crippen molar-refractivity contribution in [3.05, 3.63) is 29.8 Å². The van der Waals surface area contributed by atoms with Crippen molar-refractivity contribution in [1.82, 2.24) is 9.80 Å². The fraction of sp³-hybridized carbons (Fsp3) is 0.632. The molecular weight excluding hydrogens is 352 g/mol. The highest BCUT2D eigenvalue weighted by Crippen LogP contribution is 2.32. The van der Waals surface area contributed by atoms with Crippen molar-refractivity contribution in [3.8, 4) is 5.75 Å². The van der Waals surface area contributed by atoms with Crippen LogP contribution in [0.5, 0.6) is 5.75 Å². The molecule has 0 aliphatic carbocycles. The first-order valence-corrected chi connectivity index (χ1v) is 11.1. The summed E-state index contributed by atoms with van der Waals surface area (Å²) in [4.78, 5) is 16.5. The monoisotopic (exact) mass is 380 g/mol. The number of carbonyl (C=O) groups is 1. The first-order valence-electron chi connectivity index (χ1n) is 9.32. The number of likely N-dealkylation sites (tertiary alicyclic amines) is 1. The van der Waals surface area contributed by atoms with E-state index in [2.05, 4.69) is 17.0 Å². The summed E-state index contributed by atoms with van der Waals surface area (Å²) in [5.74, 6) is 1.15. The van der Waals surface area contributed by atoms with Crippen molar-refractivity contribution >= 4 is 15.7 Å². The molecule has 2 saturated heterocycles. The van der Waals surface area contributed by atoms with Crippen molar-refractivity contribution in [3.63, 3.8) is 0 Å². The molecule has 1 aromatic rings. The van der Waals surface area contributed by atoms with E-state index in [1.165, 1.54) is 5.56 Å². The predicted octanol–water partition coefficient (Wildman–Crippen LogP) is 1.87. The minimum Gasteiger partial charge on any atom is -0.494 e. The second-order valence-corrected chi connectivity index (χ2v) is 9.42. The van der Waals surface area contributed by atoms with E-state index in [0.29, 0.717) is 19.6 Å². The van der Waals surface area contributed by atoms with Gasteiger partial charge in [-0.05, 0) is 50.4 Å². The van der Waals surface area contributed by atoms with Crippen LogP contribution in [0.4, 0.5) is 0 Å². The summed E-state index contributed by atoms with van der Waals surface area (Å²) in [5, 5.41) is 0. The highest BCUT2D eigenvalue weighted by molar-refractivity contribution is 7.91. The number of hydrogen-bond donors (Lipinski definition) is 0. The van der Waals surface area contributed by atoms with Crippen LogP contribution < -0.4 is 4.74 Å². The Morgan fingerprint density at radius 2 is 2.00 bits per heavy atom. The van der Waals surface area contributed by atoms with Crippen molar-refractivity contribution in [2.45, 2.75) is 38.3 Å². The molecule has 0 radical (unpaired) electrons. The second-order valence-electron chi connectivity index (χ2n) is 7.19. The number of hydrogen-bond acceptors (Lipinski definition) is 5. The Balaban J connectivity index is 1.62. The number of benzene rings is 1. The number of nitrogens with zero attached hydrogens (tertiary/aromatic N) is 2. The standard InChI is InChI=1S/C19H28N2O4S/c1-3-25-17-8-6-15(7-9-17)18-5-4-11-21(18)13-19(22)20(2)16-10-12-26(23,24)14-16/h6-9,16,18H,3-5,10-14H2,1-2H3. The Morgan fingerprint density at radius 3 is 2.62 bits per heavy atom. The van der Waals surface area contributed by atoms with Gasteiger partial charge < -0.3 is 9.64 Å². The summed E-state index contributed by atoms with van der Waals surface area (Å²) >= 11 is 0. The van der Waals surface area contributed by atoms with Crippen LogP contribution >= 0.6 is 0 Å². The van der Waals surface area contributed by atoms with Gasteiger partial charge in [-0.3, -0.25) is 9.69 Å². The molecule has 7 heteroatoms. The number of sulfone groups is 1. The molecule has 1 amide bonds. The van der Waals surface area contributed by atoms with E-state index in [4.69, 9.17) is 4.74 Å². The summed E-state index contributed by atoms with van der Waals surface area (Å²) in [7, 11) is -1.25. The maximum absolute atomic E-state index is 12.7. The second kappa shape index (κ2) is 7.96. The van der Waals surface area contributed by atoms with Crippen LogP contribution in [0, 0.1) is 0 Å². The van der Waals surface area contributed by atoms with E-state index < -0.39 is 9.84 Å². The van der Waals surface area contributed by atoms with Gasteiger partial charge in [-0.2, -0.15) is 0 Å². The van der Waals surface area contributed by atoms with Gasteiger partial charge in [-0.25, -0.2) is 8.42 Å². The van der Waals surface area contributed by atoms with E-state index >= 15 is 0 Å². The quantitative estimate of drug-likeness (QED) is 0.754. The Hall–Kier alpha value is -1.60. The van der Waals surface area contributed by atoms with Crippen LogP contribution in [-0.4, -0.2) is 68.4 Å². The molecule has 26 heavy (non-hydrogen) atoms. The van der Waals surface area contributed by atoms with Crippen LogP contribution in [0.2, 0.25) is 0 Å². The first-order chi connectivity index (χ1) is 12.4. The zero-order chi connectivity index (χ0) is 18.7. The summed E-state index contributed by atoms with van der Waals surface area (Å²) in [5.41, 5.74) is 1.20. The van der Waals surface area contributed by atoms with Crippen LogP contribution in [-0.2, 0) is 14.6 Å². The molecule has 6 nitrogen and oxygen atoms in total. The summed E-state index contributed by atoms with van der Waals surface area (Å²) in [6, 6.07) is 8.16. The normalized spacial score (nSPS) is 25.3. The zero-order valence-electron chi connectivity index (χ0n) is 15.6. The highest BCUT2D eigenvalue weighted by Gasteiger charge is 2.34. The number of likely N-dealkylation sites (N-methyl/N-ethyl adjacent to an activating group) is 1. The lowest BCUT2D eigenvalue weighted by molar-refractivity contribution is -0.133. The summed E-state index contributed by atoms with van der Waals surface area (Å²) in [6.07, 6.45) is 2.64. The van der Waals surface area contributed by atoms with Gasteiger partial charge in [0.05, 0.1) is 24.7 Å². The third-order valence-corrected chi connectivity index (χ3v) is 7.18. The lowest BCUT2D eigenvalue weighted by Crippen LogP contribution is -2.43. The Kier molecular flexibility index (Phi) is 5.87. The zero-order valence-corrected chi connectivity index (χ0v) is 16.4. The fourth-order valence-corrected chi connectivity index (χ4v) is 5.69. The van der Waals surface area contributed by atoms with Gasteiger partial charge in [0, 0.05) is 19.1 Å². The smallest absolute Gasteiger partial charge is 0.236 e. The molecule has 2 unspecified atom stereocenters. The van der Waals surface area contributed by atoms with Gasteiger partial charge in [0.1, 0.15) is 5.75 Å². The SMILES string of the molecule is CCOc1ccc(C2CCCN2CC(=O)N(C)C2CCS(=O)(=O)C2)cc1. The molecule has 144 valence electrons. The molecule has 0 bridgehead atoms. The van der Waals surface area contributed by atoms with E-state index in [9.17, 15) is 13.2 Å². The predicted molar refractivity (Wildman–Crippen MR) is 101 cm³/mol. The largest absolute Gasteiger partial charge is 0.494 e. The topological polar surface area (TPSA) is 66.9 Å². The number of carbonyl (C=O) groups excluding carboxylic acids is 1. The number of ether oxygens (including phenoxy) is 1. The lowest BCUT2D eigenvalue weighted by atomic mass is 10.0. The fourth-order valence-electron chi connectivity index (χ4n) is 3.92. The van der Waals surface area contributed by atoms with Gasteiger partial charge in [-0.1, -0.05) is 12.1 Å². The molecule has 0 aromatic heterocycles. The van der Waals surface area contributed by atoms with E-state index in [1.807, 2.05) is 19.1 Å². The van der Waals surface area contributed by atoms with Gasteiger partial charge in [-0.15, -0.1) is 0 Å². The summed E-state index contributed by atoms with van der Waals surface area (Å²) in [6.45, 7) is 3.84. The molecule has 2 aliphatic rings. The van der Waals surface area contributed by atoms with Crippen LogP contribution in [0.1, 0.15) is 37.8 Å². The van der Waals surface area contributed by atoms with Gasteiger partial charge in [0.2, 0.25) is 5.91 Å². The Bertz CT molecular complexity index is 732. The summed E-state index contributed by atoms with van der Waals surface area (Å²) < 4.78 is 28.8. The van der Waals surface area contributed by atoms with Gasteiger partial charge >= 0.3 is 0 Å². The number of rotatable bonds is 6. The van der Waals surface area contributed by atoms with Crippen molar-refractivity contribution in [2.75, 3.05) is 38.2 Å². The molecule has 0 N–H and O–H groups in total. The van der Waals surface area contributed by atoms with Gasteiger partial charge in [0.15, 0.2) is 9.84 Å². The van der Waals surface area contributed by atoms with Crippen molar-refractivity contribution < 1.29 is 17.9 Å². The molecule has 1 aromatic carbocycles. The van der Waals surface area contributed by atoms with E-state index in [0.717, 1.165) is 25.1 Å². The average molecular weight is 381 g/mol. The minimum atomic E-state index is -2.98. The molecule has 3 rings (SSSR count). The molecule has 2 fully saturated rings. The molecule has 2 heterocycles. The average Bonchev–Trinajstić information content (AvgIpc) is 3.21. The molecule has 2 atom stereocenters. The molecular formula is C19H28N2O4S. The van der Waals surface area contributed by atoms with Gasteiger partial charge in [0.25, 0.3) is 0 Å². The third-order valence-electron chi connectivity index (χ3n) is 5.43. The van der Waals surface area contributed by atoms with Crippen LogP contribution in [0.15, 0.2) is 24.3 Å². The van der Waals surface area contributed by atoms with E-state index in [1.54, 1.807) is 11.9 Å². The molecule has 0 saturated carbocycles. The lowest BCUT2D eigenvalue weighted by Gasteiger charge is -2.29. The van der Waals surface area contributed by atoms with Crippen molar-refractivity contribution in [2.24, 2.45) is 0 Å². The Labute approximate surface area is 156 Å². The van der Waals surface area contributed by atoms with Crippen molar-refractivity contribution in [1.29, 1.82) is 0 Å². The van der Waals surface area contributed by atoms with Crippen LogP contribution in [0.25, 0.3) is 0 Å². The van der Waals surface area contributed by atoms with E-state index in [-0.39, 0.29) is 29.5 Å². The maximum Gasteiger partial charge on any atom is 0.236 e. The maximum atomic E-state index is 12.7. The molecule has 0 spiro atoms. The van der Waals surface area contributed by atoms with Crippen LogP contribution in [0.3, 0.4) is 0 Å².